The van der Waals surface area contributed by atoms with Crippen molar-refractivity contribution in [2.75, 3.05) is 20.2 Å². The van der Waals surface area contributed by atoms with Crippen LogP contribution in [0.2, 0.25) is 0 Å². The molecule has 0 aliphatic carbocycles. The molecule has 2 aliphatic heterocycles. The van der Waals surface area contributed by atoms with Gasteiger partial charge in [0.15, 0.2) is 0 Å². The van der Waals surface area contributed by atoms with Gasteiger partial charge in [0.1, 0.15) is 17.7 Å². The van der Waals surface area contributed by atoms with Crippen LogP contribution in [0.25, 0.3) is 11.1 Å². The lowest BCUT2D eigenvalue weighted by atomic mass is 9.91. The maximum absolute atomic E-state index is 15.0. The highest BCUT2D eigenvalue weighted by atomic mass is 19.4. The number of aliphatic carboxylic acids is 1. The summed E-state index contributed by atoms with van der Waals surface area (Å²) in [6.07, 6.45) is -3.55. The van der Waals surface area contributed by atoms with E-state index in [9.17, 15) is 32.6 Å². The minimum Gasteiger partial charge on any atom is -0.485 e. The van der Waals surface area contributed by atoms with Crippen molar-refractivity contribution in [3.8, 4) is 22.8 Å². The van der Waals surface area contributed by atoms with Crippen molar-refractivity contribution in [1.29, 1.82) is 0 Å². The SMILES string of the molecule is COc1cc(-c2ccc(C3CCc4ccc([C@H](O)[C@H](C)C(=O)O)cc4O3)cc2CN2CCC(C(F)(F)F)C2)c(F)cn1. The largest absolute Gasteiger partial charge is 0.485 e. The number of benzene rings is 2. The Morgan fingerprint density at radius 3 is 2.64 bits per heavy atom. The first-order valence-corrected chi connectivity index (χ1v) is 13.8. The number of pyridine rings is 1. The molecule has 2 N–H and O–H groups in total. The van der Waals surface area contributed by atoms with Crippen molar-refractivity contribution in [2.24, 2.45) is 11.8 Å². The number of nitrogens with zero attached hydrogens (tertiary/aromatic N) is 2. The Morgan fingerprint density at radius 1 is 1.17 bits per heavy atom. The van der Waals surface area contributed by atoms with Gasteiger partial charge in [0, 0.05) is 24.7 Å². The molecule has 1 saturated heterocycles. The van der Waals surface area contributed by atoms with Crippen molar-refractivity contribution in [1.82, 2.24) is 9.88 Å². The number of carboxylic acid groups (broad SMARTS) is 1. The van der Waals surface area contributed by atoms with Gasteiger partial charge in [0.05, 0.1) is 31.2 Å². The van der Waals surface area contributed by atoms with Gasteiger partial charge in [-0.3, -0.25) is 9.69 Å². The van der Waals surface area contributed by atoms with Crippen LogP contribution in [0, 0.1) is 17.7 Å². The highest BCUT2D eigenvalue weighted by Gasteiger charge is 2.43. The third kappa shape index (κ3) is 6.22. The summed E-state index contributed by atoms with van der Waals surface area (Å²) in [5.74, 6) is -3.37. The molecule has 2 aromatic carbocycles. The van der Waals surface area contributed by atoms with Gasteiger partial charge in [-0.1, -0.05) is 30.3 Å². The minimum atomic E-state index is -4.28. The number of fused-ring (bicyclic) bond motifs is 1. The Labute approximate surface area is 240 Å². The van der Waals surface area contributed by atoms with E-state index in [-0.39, 0.29) is 37.5 Å². The number of alkyl halides is 3. The van der Waals surface area contributed by atoms with Crippen LogP contribution >= 0.6 is 0 Å². The number of halogens is 4. The van der Waals surface area contributed by atoms with E-state index >= 15 is 0 Å². The van der Waals surface area contributed by atoms with Gasteiger partial charge in [0.25, 0.3) is 0 Å². The van der Waals surface area contributed by atoms with E-state index in [4.69, 9.17) is 9.47 Å². The maximum Gasteiger partial charge on any atom is 0.393 e. The predicted molar refractivity (Wildman–Crippen MR) is 146 cm³/mol. The monoisotopic (exact) mass is 588 g/mol. The lowest BCUT2D eigenvalue weighted by Crippen LogP contribution is -2.27. The van der Waals surface area contributed by atoms with Crippen LogP contribution in [0.3, 0.4) is 0 Å². The Balaban J connectivity index is 1.46. The third-order valence-corrected chi connectivity index (χ3v) is 8.20. The molecule has 5 rings (SSSR count). The van der Waals surface area contributed by atoms with E-state index in [2.05, 4.69) is 4.98 Å². The molecule has 0 saturated carbocycles. The van der Waals surface area contributed by atoms with Gasteiger partial charge in [0.2, 0.25) is 5.88 Å². The number of carbonyl (C=O) groups is 1. The molecule has 0 radical (unpaired) electrons. The minimum absolute atomic E-state index is 0.00711. The van der Waals surface area contributed by atoms with E-state index in [0.717, 1.165) is 17.3 Å². The molecule has 0 bridgehead atoms. The molecule has 3 heterocycles. The first-order chi connectivity index (χ1) is 19.9. The van der Waals surface area contributed by atoms with Crippen LogP contribution in [-0.4, -0.2) is 52.4 Å². The quantitative estimate of drug-likeness (QED) is 0.307. The Kier molecular flexibility index (Phi) is 8.43. The number of hydrogen-bond donors (Lipinski definition) is 2. The average Bonchev–Trinajstić information content (AvgIpc) is 3.45. The maximum atomic E-state index is 15.0. The summed E-state index contributed by atoms with van der Waals surface area (Å²) >= 11 is 0. The average molecular weight is 589 g/mol. The van der Waals surface area contributed by atoms with Gasteiger partial charge in [-0.2, -0.15) is 13.2 Å². The van der Waals surface area contributed by atoms with E-state index in [1.165, 1.54) is 20.1 Å². The molecular weight excluding hydrogens is 556 g/mol. The second-order valence-corrected chi connectivity index (χ2v) is 11.0. The van der Waals surface area contributed by atoms with Crippen LogP contribution < -0.4 is 9.47 Å². The zero-order valence-electron chi connectivity index (χ0n) is 23.2. The second-order valence-electron chi connectivity index (χ2n) is 11.0. The molecule has 11 heteroatoms. The summed E-state index contributed by atoms with van der Waals surface area (Å²) in [5, 5.41) is 19.8. The molecule has 1 aromatic heterocycles. The highest BCUT2D eigenvalue weighted by molar-refractivity contribution is 5.71. The van der Waals surface area contributed by atoms with E-state index in [1.807, 2.05) is 18.2 Å². The summed E-state index contributed by atoms with van der Waals surface area (Å²) < 4.78 is 66.6. The number of methoxy groups -OCH3 is 1. The third-order valence-electron chi connectivity index (χ3n) is 8.20. The molecule has 2 unspecified atom stereocenters. The molecular formula is C31H32F4N2O5. The van der Waals surface area contributed by atoms with E-state index in [0.29, 0.717) is 35.3 Å². The number of aromatic nitrogens is 1. The number of carboxylic acids is 1. The van der Waals surface area contributed by atoms with Gasteiger partial charge in [-0.05, 0) is 66.6 Å². The summed E-state index contributed by atoms with van der Waals surface area (Å²) in [4.78, 5) is 17.0. The smallest absolute Gasteiger partial charge is 0.393 e. The Morgan fingerprint density at radius 2 is 1.95 bits per heavy atom. The summed E-state index contributed by atoms with van der Waals surface area (Å²) in [6.45, 7) is 1.75. The number of rotatable bonds is 8. The van der Waals surface area contributed by atoms with Gasteiger partial charge in [-0.25, -0.2) is 9.37 Å². The molecule has 3 aromatic rings. The van der Waals surface area contributed by atoms with Crippen LogP contribution in [0.15, 0.2) is 48.7 Å². The van der Waals surface area contributed by atoms with Gasteiger partial charge in [-0.15, -0.1) is 0 Å². The van der Waals surface area contributed by atoms with Crippen molar-refractivity contribution in [3.05, 3.63) is 76.7 Å². The van der Waals surface area contributed by atoms with Crippen LogP contribution in [0.1, 0.15) is 54.2 Å². The number of ether oxygens (including phenoxy) is 2. The number of aliphatic hydroxyl groups excluding tert-OH is 1. The normalized spacial score (nSPS) is 20.5. The van der Waals surface area contributed by atoms with Crippen LogP contribution in [-0.2, 0) is 17.8 Å². The second kappa shape index (κ2) is 11.9. The van der Waals surface area contributed by atoms with Gasteiger partial charge < -0.3 is 19.7 Å². The van der Waals surface area contributed by atoms with Crippen molar-refractivity contribution < 1.29 is 42.0 Å². The Bertz CT molecular complexity index is 1460. The molecule has 224 valence electrons. The number of aliphatic hydroxyl groups is 1. The number of aryl methyl sites for hydroxylation is 1. The van der Waals surface area contributed by atoms with E-state index in [1.54, 1.807) is 23.1 Å². The first kappa shape index (κ1) is 29.8. The fourth-order valence-electron chi connectivity index (χ4n) is 5.66. The number of likely N-dealkylation sites (tertiary alicyclic amines) is 1. The van der Waals surface area contributed by atoms with Crippen molar-refractivity contribution in [2.45, 2.75) is 51.1 Å². The lowest BCUT2D eigenvalue weighted by Gasteiger charge is -2.29. The summed E-state index contributed by atoms with van der Waals surface area (Å²) in [5.41, 5.74) is 3.53. The van der Waals surface area contributed by atoms with E-state index < -0.39 is 42.0 Å². The fourth-order valence-corrected chi connectivity index (χ4v) is 5.66. The fraction of sp³-hybridized carbons (Fsp3) is 0.419. The standard InChI is InChI=1S/C31H32F4N2O5/c1-17(30(39)40)29(38)20-4-3-18-6-8-26(42-27(18)12-20)19-5-7-23(24-13-28(41-2)36-14-25(24)32)21(11-19)15-37-10-9-22(16-37)31(33,34)35/h3-5,7,11-14,17,22,26,29,38H,6,8-10,15-16H2,1-2H3,(H,39,40)/t17-,22?,26?,29+/m0/s1. The van der Waals surface area contributed by atoms with Crippen molar-refractivity contribution in [3.63, 3.8) is 0 Å². The summed E-state index contributed by atoms with van der Waals surface area (Å²) in [7, 11) is 1.42. The molecule has 42 heavy (non-hydrogen) atoms. The van der Waals surface area contributed by atoms with Gasteiger partial charge >= 0.3 is 12.1 Å². The molecule has 0 spiro atoms. The molecule has 2 aliphatic rings. The van der Waals surface area contributed by atoms with Crippen molar-refractivity contribution >= 4 is 5.97 Å². The molecule has 4 atom stereocenters. The zero-order valence-corrected chi connectivity index (χ0v) is 23.2. The molecule has 7 nitrogen and oxygen atoms in total. The highest BCUT2D eigenvalue weighted by Crippen LogP contribution is 2.40. The first-order valence-electron chi connectivity index (χ1n) is 13.8. The zero-order chi connectivity index (χ0) is 30.2. The predicted octanol–water partition coefficient (Wildman–Crippen LogP) is 6.10. The summed E-state index contributed by atoms with van der Waals surface area (Å²) in [6, 6.07) is 12.0. The number of hydrogen-bond acceptors (Lipinski definition) is 6. The molecule has 1 fully saturated rings. The Hall–Kier alpha value is -3.70. The lowest BCUT2D eigenvalue weighted by molar-refractivity contribution is -0.170. The molecule has 0 amide bonds. The van der Waals surface area contributed by atoms with Crippen LogP contribution in [0.5, 0.6) is 11.6 Å². The van der Waals surface area contributed by atoms with Crippen LogP contribution in [0.4, 0.5) is 17.6 Å². The topological polar surface area (TPSA) is 92.1 Å².